The highest BCUT2D eigenvalue weighted by Crippen LogP contribution is 2.29. The van der Waals surface area contributed by atoms with Gasteiger partial charge in [-0.25, -0.2) is 0 Å². The number of carbonyl (C=O) groups excluding carboxylic acids is 1. The monoisotopic (exact) mass is 282 g/mol. The molecule has 1 unspecified atom stereocenters. The molecule has 5 nitrogen and oxygen atoms in total. The van der Waals surface area contributed by atoms with Crippen molar-refractivity contribution in [2.45, 2.75) is 56.7 Å². The van der Waals surface area contributed by atoms with Crippen molar-refractivity contribution in [2.24, 2.45) is 5.92 Å². The highest BCUT2D eigenvalue weighted by Gasteiger charge is 2.36. The number of hydrogen-bond acceptors (Lipinski definition) is 4. The molecule has 114 valence electrons. The van der Waals surface area contributed by atoms with Gasteiger partial charge in [-0.15, -0.1) is 0 Å². The van der Waals surface area contributed by atoms with Crippen molar-refractivity contribution in [3.05, 3.63) is 0 Å². The van der Waals surface area contributed by atoms with E-state index in [2.05, 4.69) is 10.2 Å². The van der Waals surface area contributed by atoms with Crippen molar-refractivity contribution in [1.82, 2.24) is 10.2 Å². The predicted octanol–water partition coefficient (Wildman–Crippen LogP) is 0.517. The Morgan fingerprint density at radius 2 is 2.10 bits per heavy atom. The second-order valence-electron chi connectivity index (χ2n) is 6.57. The van der Waals surface area contributed by atoms with Gasteiger partial charge in [-0.2, -0.15) is 0 Å². The van der Waals surface area contributed by atoms with Gasteiger partial charge in [0.1, 0.15) is 6.61 Å². The summed E-state index contributed by atoms with van der Waals surface area (Å²) < 4.78 is 5.44. The number of rotatable bonds is 6. The molecule has 3 aliphatic rings. The van der Waals surface area contributed by atoms with Crippen molar-refractivity contribution < 1.29 is 14.6 Å². The largest absolute Gasteiger partial charge is 0.392 e. The van der Waals surface area contributed by atoms with Gasteiger partial charge < -0.3 is 15.2 Å². The van der Waals surface area contributed by atoms with Gasteiger partial charge >= 0.3 is 0 Å². The molecule has 2 N–H and O–H groups in total. The Morgan fingerprint density at radius 1 is 1.25 bits per heavy atom. The molecular formula is C15H26N2O3. The molecule has 0 aromatic carbocycles. The first-order chi connectivity index (χ1) is 9.72. The Balaban J connectivity index is 1.41. The molecule has 3 fully saturated rings. The van der Waals surface area contributed by atoms with E-state index in [4.69, 9.17) is 4.74 Å². The standard InChI is InChI=1S/C15H26N2O3/c18-12-6-7-17(8-12)14-3-1-2-13(14)16-15(19)10-20-9-11-4-5-11/h11-14,18H,1-10H2,(H,16,19)/t12?,13-,14+/m1/s1. The zero-order valence-corrected chi connectivity index (χ0v) is 12.1. The molecule has 3 atom stereocenters. The lowest BCUT2D eigenvalue weighted by Crippen LogP contribution is -2.49. The molecule has 0 aromatic heterocycles. The van der Waals surface area contributed by atoms with E-state index in [-0.39, 0.29) is 24.7 Å². The van der Waals surface area contributed by atoms with Gasteiger partial charge in [0.05, 0.1) is 12.7 Å². The summed E-state index contributed by atoms with van der Waals surface area (Å²) in [6.07, 6.45) is 6.51. The van der Waals surface area contributed by atoms with Gasteiger partial charge in [0, 0.05) is 25.2 Å². The summed E-state index contributed by atoms with van der Waals surface area (Å²) in [6, 6.07) is 0.636. The van der Waals surface area contributed by atoms with Crippen LogP contribution in [0.15, 0.2) is 0 Å². The van der Waals surface area contributed by atoms with Crippen LogP contribution in [0.25, 0.3) is 0 Å². The quantitative estimate of drug-likeness (QED) is 0.745. The number of β-amino-alcohol motifs (C(OH)–C–C–N with tert-alkyl or cyclic N) is 1. The van der Waals surface area contributed by atoms with Crippen molar-refractivity contribution in [3.8, 4) is 0 Å². The lowest BCUT2D eigenvalue weighted by molar-refractivity contribution is -0.126. The number of nitrogens with zero attached hydrogens (tertiary/aromatic N) is 1. The summed E-state index contributed by atoms with van der Waals surface area (Å²) in [5.41, 5.74) is 0. The lowest BCUT2D eigenvalue weighted by atomic mass is 10.1. The van der Waals surface area contributed by atoms with Gasteiger partial charge in [0.15, 0.2) is 0 Å². The van der Waals surface area contributed by atoms with Gasteiger partial charge in [-0.3, -0.25) is 9.69 Å². The van der Waals surface area contributed by atoms with Gasteiger partial charge in [0.25, 0.3) is 0 Å². The number of aliphatic hydroxyl groups is 1. The number of carbonyl (C=O) groups is 1. The molecule has 5 heteroatoms. The third-order valence-electron chi connectivity index (χ3n) is 4.77. The summed E-state index contributed by atoms with van der Waals surface area (Å²) in [5, 5.41) is 12.8. The highest BCUT2D eigenvalue weighted by molar-refractivity contribution is 5.77. The summed E-state index contributed by atoms with van der Waals surface area (Å²) in [6.45, 7) is 2.65. The average Bonchev–Trinajstić information content (AvgIpc) is 2.95. The molecule has 1 aliphatic heterocycles. The number of ether oxygens (including phenoxy) is 1. The van der Waals surface area contributed by atoms with Gasteiger partial charge in [-0.1, -0.05) is 0 Å². The molecule has 20 heavy (non-hydrogen) atoms. The number of likely N-dealkylation sites (tertiary alicyclic amines) is 1. The van der Waals surface area contributed by atoms with Crippen LogP contribution in [0.4, 0.5) is 0 Å². The molecule has 2 saturated carbocycles. The first kappa shape index (κ1) is 14.3. The number of amides is 1. The van der Waals surface area contributed by atoms with Gasteiger partial charge in [-0.05, 0) is 44.4 Å². The third kappa shape index (κ3) is 3.71. The average molecular weight is 282 g/mol. The Hall–Kier alpha value is -0.650. The number of aliphatic hydroxyl groups excluding tert-OH is 1. The third-order valence-corrected chi connectivity index (χ3v) is 4.77. The van der Waals surface area contributed by atoms with Crippen molar-refractivity contribution in [2.75, 3.05) is 26.3 Å². The Bertz CT molecular complexity index is 346. The van der Waals surface area contributed by atoms with Crippen LogP contribution >= 0.6 is 0 Å². The SMILES string of the molecule is O=C(COCC1CC1)N[C@@H]1CCC[C@@H]1N1CCC(O)C1. The molecule has 1 heterocycles. The van der Waals surface area contributed by atoms with Crippen LogP contribution in [0.5, 0.6) is 0 Å². The molecular weight excluding hydrogens is 256 g/mol. The minimum absolute atomic E-state index is 0.0160. The predicted molar refractivity (Wildman–Crippen MR) is 75.3 cm³/mol. The van der Waals surface area contributed by atoms with E-state index in [1.54, 1.807) is 0 Å². The van der Waals surface area contributed by atoms with Crippen molar-refractivity contribution in [1.29, 1.82) is 0 Å². The topological polar surface area (TPSA) is 61.8 Å². The number of hydrogen-bond donors (Lipinski definition) is 2. The maximum Gasteiger partial charge on any atom is 0.246 e. The van der Waals surface area contributed by atoms with E-state index in [0.717, 1.165) is 45.4 Å². The Kier molecular flexibility index (Phi) is 4.58. The molecule has 1 saturated heterocycles. The van der Waals surface area contributed by atoms with Crippen LogP contribution in [0.3, 0.4) is 0 Å². The van der Waals surface area contributed by atoms with Crippen LogP contribution in [0, 0.1) is 5.92 Å². The smallest absolute Gasteiger partial charge is 0.246 e. The molecule has 0 aromatic rings. The molecule has 0 spiro atoms. The van der Waals surface area contributed by atoms with E-state index >= 15 is 0 Å². The van der Waals surface area contributed by atoms with Crippen LogP contribution in [-0.4, -0.2) is 60.4 Å². The normalized spacial score (nSPS) is 34.5. The molecule has 2 aliphatic carbocycles. The van der Waals surface area contributed by atoms with Gasteiger partial charge in [0.2, 0.25) is 5.91 Å². The zero-order valence-electron chi connectivity index (χ0n) is 12.1. The second-order valence-corrected chi connectivity index (χ2v) is 6.57. The first-order valence-corrected chi connectivity index (χ1v) is 8.01. The first-order valence-electron chi connectivity index (χ1n) is 8.01. The summed E-state index contributed by atoms with van der Waals surface area (Å²) >= 11 is 0. The maximum absolute atomic E-state index is 11.9. The van der Waals surface area contributed by atoms with Crippen LogP contribution in [0.2, 0.25) is 0 Å². The molecule has 3 rings (SSSR count). The summed E-state index contributed by atoms with van der Waals surface area (Å²) in [7, 11) is 0. The zero-order chi connectivity index (χ0) is 13.9. The van der Waals surface area contributed by atoms with Crippen molar-refractivity contribution >= 4 is 5.91 Å². The van der Waals surface area contributed by atoms with E-state index in [9.17, 15) is 9.90 Å². The minimum Gasteiger partial charge on any atom is -0.392 e. The fourth-order valence-electron chi connectivity index (χ4n) is 3.47. The van der Waals surface area contributed by atoms with E-state index in [0.29, 0.717) is 12.0 Å². The van der Waals surface area contributed by atoms with Crippen molar-refractivity contribution in [3.63, 3.8) is 0 Å². The maximum atomic E-state index is 11.9. The number of nitrogens with one attached hydrogen (secondary N) is 1. The molecule has 1 amide bonds. The molecule has 0 bridgehead atoms. The van der Waals surface area contributed by atoms with E-state index in [1.807, 2.05) is 0 Å². The highest BCUT2D eigenvalue weighted by atomic mass is 16.5. The fraction of sp³-hybridized carbons (Fsp3) is 0.933. The van der Waals surface area contributed by atoms with Crippen LogP contribution in [-0.2, 0) is 9.53 Å². The van der Waals surface area contributed by atoms with E-state index < -0.39 is 0 Å². The summed E-state index contributed by atoms with van der Waals surface area (Å²) in [4.78, 5) is 14.3. The van der Waals surface area contributed by atoms with Crippen LogP contribution in [0.1, 0.15) is 38.5 Å². The summed E-state index contributed by atoms with van der Waals surface area (Å²) in [5.74, 6) is 0.718. The Labute approximate surface area is 120 Å². The van der Waals surface area contributed by atoms with E-state index in [1.165, 1.54) is 12.8 Å². The Morgan fingerprint density at radius 3 is 2.80 bits per heavy atom. The van der Waals surface area contributed by atoms with Crippen LogP contribution < -0.4 is 5.32 Å². The minimum atomic E-state index is -0.186. The second kappa shape index (κ2) is 6.41. The fourth-order valence-corrected chi connectivity index (χ4v) is 3.47. The molecule has 0 radical (unpaired) electrons. The lowest BCUT2D eigenvalue weighted by Gasteiger charge is -2.29.